The lowest BCUT2D eigenvalue weighted by atomic mass is 10.0. The van der Waals surface area contributed by atoms with Crippen LogP contribution in [-0.4, -0.2) is 46.6 Å². The average molecular weight is 384 g/mol. The van der Waals surface area contributed by atoms with Crippen LogP contribution in [0.15, 0.2) is 16.8 Å². The first-order valence-corrected chi connectivity index (χ1v) is 9.57. The molecule has 0 spiro atoms. The van der Waals surface area contributed by atoms with Crippen LogP contribution in [0.4, 0.5) is 0 Å². The number of aryl methyl sites for hydroxylation is 2. The van der Waals surface area contributed by atoms with Crippen molar-refractivity contribution in [3.05, 3.63) is 46.1 Å². The van der Waals surface area contributed by atoms with Crippen LogP contribution < -0.4 is 5.32 Å². The SMILES string of the molecule is Cc1noc(C)c1C(=O)NCc1cnc2c(c1)CN(C(=O)C1CCOC1)CC2. The van der Waals surface area contributed by atoms with Crippen molar-refractivity contribution in [2.24, 2.45) is 5.92 Å². The molecule has 0 radical (unpaired) electrons. The number of fused-ring (bicyclic) bond motifs is 1. The number of ether oxygens (including phenoxy) is 1. The molecule has 4 heterocycles. The Morgan fingerprint density at radius 1 is 1.36 bits per heavy atom. The zero-order valence-electron chi connectivity index (χ0n) is 16.2. The van der Waals surface area contributed by atoms with E-state index < -0.39 is 0 Å². The molecule has 0 aromatic carbocycles. The molecule has 2 aliphatic heterocycles. The summed E-state index contributed by atoms with van der Waals surface area (Å²) in [5.74, 6) is 0.433. The highest BCUT2D eigenvalue weighted by atomic mass is 16.5. The fraction of sp³-hybridized carbons (Fsp3) is 0.500. The van der Waals surface area contributed by atoms with Gasteiger partial charge >= 0.3 is 0 Å². The van der Waals surface area contributed by atoms with Crippen molar-refractivity contribution in [3.63, 3.8) is 0 Å². The van der Waals surface area contributed by atoms with E-state index in [1.807, 2.05) is 11.0 Å². The molecule has 0 aliphatic carbocycles. The van der Waals surface area contributed by atoms with Gasteiger partial charge in [0.25, 0.3) is 5.91 Å². The highest BCUT2D eigenvalue weighted by Crippen LogP contribution is 2.23. The maximum atomic E-state index is 12.7. The van der Waals surface area contributed by atoms with Crippen molar-refractivity contribution >= 4 is 11.8 Å². The Morgan fingerprint density at radius 3 is 2.93 bits per heavy atom. The number of hydrogen-bond acceptors (Lipinski definition) is 6. The molecule has 8 nitrogen and oxygen atoms in total. The number of carbonyl (C=O) groups excluding carboxylic acids is 2. The van der Waals surface area contributed by atoms with E-state index in [9.17, 15) is 9.59 Å². The Hall–Kier alpha value is -2.74. The summed E-state index contributed by atoms with van der Waals surface area (Å²) in [5, 5.41) is 6.71. The van der Waals surface area contributed by atoms with Gasteiger partial charge in [-0.05, 0) is 37.5 Å². The quantitative estimate of drug-likeness (QED) is 0.859. The van der Waals surface area contributed by atoms with Crippen LogP contribution >= 0.6 is 0 Å². The number of amides is 2. The Kier molecular flexibility index (Phi) is 5.13. The van der Waals surface area contributed by atoms with Gasteiger partial charge in [0.15, 0.2) is 0 Å². The highest BCUT2D eigenvalue weighted by Gasteiger charge is 2.30. The van der Waals surface area contributed by atoms with Gasteiger partial charge in [-0.15, -0.1) is 0 Å². The first-order valence-electron chi connectivity index (χ1n) is 9.57. The molecule has 28 heavy (non-hydrogen) atoms. The molecule has 1 N–H and O–H groups in total. The molecule has 2 aliphatic rings. The summed E-state index contributed by atoms with van der Waals surface area (Å²) >= 11 is 0. The normalized spacial score (nSPS) is 18.8. The third-order valence-corrected chi connectivity index (χ3v) is 5.40. The predicted molar refractivity (Wildman–Crippen MR) is 99.4 cm³/mol. The minimum absolute atomic E-state index is 0.0213. The Morgan fingerprint density at radius 2 is 2.21 bits per heavy atom. The largest absolute Gasteiger partial charge is 0.381 e. The van der Waals surface area contributed by atoms with Gasteiger partial charge in [-0.1, -0.05) is 5.16 Å². The second-order valence-corrected chi connectivity index (χ2v) is 7.40. The Labute approximate surface area is 163 Å². The van der Waals surface area contributed by atoms with Crippen molar-refractivity contribution in [2.75, 3.05) is 19.8 Å². The third-order valence-electron chi connectivity index (χ3n) is 5.40. The maximum Gasteiger partial charge on any atom is 0.257 e. The number of nitrogens with one attached hydrogen (secondary N) is 1. The average Bonchev–Trinajstić information content (AvgIpc) is 3.35. The van der Waals surface area contributed by atoms with Crippen LogP contribution in [0.3, 0.4) is 0 Å². The molecule has 4 rings (SSSR count). The van der Waals surface area contributed by atoms with Gasteiger partial charge in [0.05, 0.1) is 18.2 Å². The van der Waals surface area contributed by atoms with E-state index in [0.717, 1.165) is 29.7 Å². The van der Waals surface area contributed by atoms with Gasteiger partial charge in [0.2, 0.25) is 5.91 Å². The monoisotopic (exact) mass is 384 g/mol. The molecule has 2 amide bonds. The van der Waals surface area contributed by atoms with Gasteiger partial charge < -0.3 is 19.5 Å². The van der Waals surface area contributed by atoms with E-state index in [2.05, 4.69) is 15.5 Å². The summed E-state index contributed by atoms with van der Waals surface area (Å²) in [4.78, 5) is 31.5. The summed E-state index contributed by atoms with van der Waals surface area (Å²) in [6.07, 6.45) is 3.34. The van der Waals surface area contributed by atoms with Crippen LogP contribution in [0.5, 0.6) is 0 Å². The van der Waals surface area contributed by atoms with Gasteiger partial charge in [-0.3, -0.25) is 14.6 Å². The van der Waals surface area contributed by atoms with E-state index in [0.29, 0.717) is 49.9 Å². The number of aromatic nitrogens is 2. The van der Waals surface area contributed by atoms with Gasteiger partial charge in [-0.2, -0.15) is 0 Å². The standard InChI is InChI=1S/C20H24N4O4/c1-12-18(13(2)28-23-12)19(25)22-9-14-7-16-10-24(5-3-17(16)21-8-14)20(26)15-4-6-27-11-15/h7-8,15H,3-6,9-11H2,1-2H3,(H,22,25). The fourth-order valence-corrected chi connectivity index (χ4v) is 3.83. The van der Waals surface area contributed by atoms with Crippen LogP contribution in [-0.2, 0) is 29.0 Å². The van der Waals surface area contributed by atoms with Crippen molar-refractivity contribution in [1.82, 2.24) is 20.4 Å². The predicted octanol–water partition coefficient (Wildman–Crippen LogP) is 1.54. The smallest absolute Gasteiger partial charge is 0.257 e. The van der Waals surface area contributed by atoms with Crippen LogP contribution in [0, 0.1) is 19.8 Å². The summed E-state index contributed by atoms with van der Waals surface area (Å²) in [6.45, 7) is 6.25. The van der Waals surface area contributed by atoms with Crippen molar-refractivity contribution in [3.8, 4) is 0 Å². The minimum atomic E-state index is -0.216. The number of pyridine rings is 1. The molecule has 1 fully saturated rings. The highest BCUT2D eigenvalue weighted by molar-refractivity contribution is 5.96. The lowest BCUT2D eigenvalue weighted by Gasteiger charge is -2.30. The third kappa shape index (κ3) is 3.64. The molecule has 1 saturated heterocycles. The zero-order valence-corrected chi connectivity index (χ0v) is 16.2. The molecule has 2 aromatic heterocycles. The minimum Gasteiger partial charge on any atom is -0.381 e. The second kappa shape index (κ2) is 7.71. The van der Waals surface area contributed by atoms with Gasteiger partial charge in [0, 0.05) is 44.6 Å². The molecular formula is C20H24N4O4. The summed E-state index contributed by atoms with van der Waals surface area (Å²) in [7, 11) is 0. The molecular weight excluding hydrogens is 360 g/mol. The molecule has 1 unspecified atom stereocenters. The van der Waals surface area contributed by atoms with Gasteiger partial charge in [0.1, 0.15) is 11.3 Å². The molecule has 8 heteroatoms. The number of nitrogens with zero attached hydrogens (tertiary/aromatic N) is 3. The van der Waals surface area contributed by atoms with E-state index in [-0.39, 0.29) is 17.7 Å². The molecule has 0 bridgehead atoms. The Bertz CT molecular complexity index is 882. The molecule has 1 atom stereocenters. The lowest BCUT2D eigenvalue weighted by Crippen LogP contribution is -2.40. The zero-order chi connectivity index (χ0) is 19.7. The summed E-state index contributed by atoms with van der Waals surface area (Å²) < 4.78 is 10.4. The van der Waals surface area contributed by atoms with E-state index >= 15 is 0 Å². The topological polar surface area (TPSA) is 97.6 Å². The van der Waals surface area contributed by atoms with Gasteiger partial charge in [-0.25, -0.2) is 0 Å². The van der Waals surface area contributed by atoms with E-state index in [1.165, 1.54) is 0 Å². The van der Waals surface area contributed by atoms with E-state index in [4.69, 9.17) is 9.26 Å². The van der Waals surface area contributed by atoms with Crippen molar-refractivity contribution in [2.45, 2.75) is 39.8 Å². The van der Waals surface area contributed by atoms with Crippen LogP contribution in [0.1, 0.15) is 45.1 Å². The maximum absolute atomic E-state index is 12.7. The molecule has 148 valence electrons. The molecule has 2 aromatic rings. The fourth-order valence-electron chi connectivity index (χ4n) is 3.83. The first kappa shape index (κ1) is 18.6. The van der Waals surface area contributed by atoms with Crippen molar-refractivity contribution < 1.29 is 18.8 Å². The van der Waals surface area contributed by atoms with E-state index in [1.54, 1.807) is 20.0 Å². The number of rotatable bonds is 4. The van der Waals surface area contributed by atoms with Crippen molar-refractivity contribution in [1.29, 1.82) is 0 Å². The molecule has 0 saturated carbocycles. The summed E-state index contributed by atoms with van der Waals surface area (Å²) in [5.41, 5.74) is 4.01. The number of carbonyl (C=O) groups is 2. The first-order chi connectivity index (χ1) is 13.5. The van der Waals surface area contributed by atoms with Crippen LogP contribution in [0.2, 0.25) is 0 Å². The summed E-state index contributed by atoms with van der Waals surface area (Å²) in [6, 6.07) is 2.03. The second-order valence-electron chi connectivity index (χ2n) is 7.40. The lowest BCUT2D eigenvalue weighted by molar-refractivity contribution is -0.136. The van der Waals surface area contributed by atoms with Crippen LogP contribution in [0.25, 0.3) is 0 Å². The number of hydrogen-bond donors (Lipinski definition) is 1. The Balaban J connectivity index is 1.42.